The Kier molecular flexibility index (Phi) is 4.39. The number of aromatic nitrogens is 3. The molecule has 100 valence electrons. The van der Waals surface area contributed by atoms with Crippen LogP contribution in [0.2, 0.25) is 0 Å². The third-order valence-electron chi connectivity index (χ3n) is 2.45. The molecule has 1 atom stereocenters. The maximum Gasteiger partial charge on any atom is 0.230 e. The van der Waals surface area contributed by atoms with Crippen LogP contribution in [0.25, 0.3) is 10.7 Å². The first-order valence-electron chi connectivity index (χ1n) is 5.67. The summed E-state index contributed by atoms with van der Waals surface area (Å²) in [6.07, 6.45) is 1.78. The lowest BCUT2D eigenvalue weighted by Crippen LogP contribution is -2.23. The Balaban J connectivity index is 2.34. The SMILES string of the molecule is C=CCn1c(SC(C)C(N)=O)nnc1-c1cccs1. The number of hydrogen-bond acceptors (Lipinski definition) is 5. The second-order valence-electron chi connectivity index (χ2n) is 3.85. The van der Waals surface area contributed by atoms with Crippen molar-refractivity contribution in [3.8, 4) is 10.7 Å². The van der Waals surface area contributed by atoms with Gasteiger partial charge in [-0.1, -0.05) is 23.9 Å². The number of primary amides is 1. The predicted octanol–water partition coefficient (Wildman–Crippen LogP) is 2.16. The molecule has 0 saturated carbocycles. The highest BCUT2D eigenvalue weighted by Crippen LogP contribution is 2.28. The zero-order chi connectivity index (χ0) is 13.8. The molecule has 1 unspecified atom stereocenters. The summed E-state index contributed by atoms with van der Waals surface area (Å²) >= 11 is 2.90. The molecule has 0 aliphatic rings. The summed E-state index contributed by atoms with van der Waals surface area (Å²) < 4.78 is 1.93. The largest absolute Gasteiger partial charge is 0.369 e. The van der Waals surface area contributed by atoms with Gasteiger partial charge in [0.2, 0.25) is 5.91 Å². The zero-order valence-corrected chi connectivity index (χ0v) is 12.1. The van der Waals surface area contributed by atoms with E-state index in [0.29, 0.717) is 11.7 Å². The molecule has 1 amide bonds. The summed E-state index contributed by atoms with van der Waals surface area (Å²) in [5.41, 5.74) is 5.27. The predicted molar refractivity (Wildman–Crippen MR) is 78.0 cm³/mol. The minimum Gasteiger partial charge on any atom is -0.369 e. The van der Waals surface area contributed by atoms with E-state index in [2.05, 4.69) is 16.8 Å². The van der Waals surface area contributed by atoms with Gasteiger partial charge < -0.3 is 5.73 Å². The molecule has 0 spiro atoms. The van der Waals surface area contributed by atoms with Crippen LogP contribution in [0.15, 0.2) is 35.3 Å². The molecular formula is C12H14N4OS2. The van der Waals surface area contributed by atoms with Gasteiger partial charge in [-0.25, -0.2) is 0 Å². The Morgan fingerprint density at radius 2 is 2.47 bits per heavy atom. The lowest BCUT2D eigenvalue weighted by molar-refractivity contribution is -0.117. The van der Waals surface area contributed by atoms with E-state index in [0.717, 1.165) is 10.7 Å². The second-order valence-corrected chi connectivity index (χ2v) is 6.10. The molecule has 2 heterocycles. The second kappa shape index (κ2) is 6.03. The summed E-state index contributed by atoms with van der Waals surface area (Å²) in [5, 5.41) is 10.7. The van der Waals surface area contributed by atoms with E-state index in [-0.39, 0.29) is 11.2 Å². The van der Waals surface area contributed by atoms with Gasteiger partial charge in [0.25, 0.3) is 0 Å². The molecular weight excluding hydrogens is 280 g/mol. The van der Waals surface area contributed by atoms with Crippen LogP contribution in [-0.4, -0.2) is 25.9 Å². The van der Waals surface area contributed by atoms with Gasteiger partial charge >= 0.3 is 0 Å². The Labute approximate surface area is 119 Å². The number of amides is 1. The monoisotopic (exact) mass is 294 g/mol. The lowest BCUT2D eigenvalue weighted by Gasteiger charge is -2.09. The van der Waals surface area contributed by atoms with E-state index in [1.165, 1.54) is 11.8 Å². The van der Waals surface area contributed by atoms with E-state index >= 15 is 0 Å². The summed E-state index contributed by atoms with van der Waals surface area (Å²) in [6, 6.07) is 3.95. The number of rotatable bonds is 6. The van der Waals surface area contributed by atoms with Gasteiger partial charge in [0, 0.05) is 6.54 Å². The molecule has 0 bridgehead atoms. The van der Waals surface area contributed by atoms with Crippen LogP contribution < -0.4 is 5.73 Å². The fourth-order valence-electron chi connectivity index (χ4n) is 1.47. The summed E-state index contributed by atoms with van der Waals surface area (Å²) in [4.78, 5) is 12.2. The molecule has 0 aliphatic heterocycles. The van der Waals surface area contributed by atoms with Crippen molar-refractivity contribution in [1.29, 1.82) is 0 Å². The fraction of sp³-hybridized carbons (Fsp3) is 0.250. The molecule has 2 N–H and O–H groups in total. The lowest BCUT2D eigenvalue weighted by atomic mass is 10.4. The van der Waals surface area contributed by atoms with E-state index in [1.807, 2.05) is 22.1 Å². The van der Waals surface area contributed by atoms with Crippen molar-refractivity contribution in [1.82, 2.24) is 14.8 Å². The van der Waals surface area contributed by atoms with Gasteiger partial charge in [-0.3, -0.25) is 9.36 Å². The third kappa shape index (κ3) is 3.05. The van der Waals surface area contributed by atoms with Gasteiger partial charge in [-0.05, 0) is 18.4 Å². The van der Waals surface area contributed by atoms with Crippen LogP contribution in [0.4, 0.5) is 0 Å². The maximum absolute atomic E-state index is 11.1. The molecule has 0 fully saturated rings. The van der Waals surface area contributed by atoms with E-state index in [4.69, 9.17) is 5.73 Å². The van der Waals surface area contributed by atoms with Gasteiger partial charge in [0.15, 0.2) is 11.0 Å². The highest BCUT2D eigenvalue weighted by atomic mass is 32.2. The number of nitrogens with zero attached hydrogens (tertiary/aromatic N) is 3. The third-order valence-corrected chi connectivity index (χ3v) is 4.42. The van der Waals surface area contributed by atoms with Crippen LogP contribution in [0.1, 0.15) is 6.92 Å². The number of carbonyl (C=O) groups excluding carboxylic acids is 1. The first kappa shape index (κ1) is 13.8. The molecule has 0 saturated heterocycles. The number of carbonyl (C=O) groups is 1. The van der Waals surface area contributed by atoms with Gasteiger partial charge in [0.05, 0.1) is 10.1 Å². The first-order valence-corrected chi connectivity index (χ1v) is 7.43. The average Bonchev–Trinajstić information content (AvgIpc) is 3.00. The van der Waals surface area contributed by atoms with Gasteiger partial charge in [0.1, 0.15) is 0 Å². The topological polar surface area (TPSA) is 73.8 Å². The van der Waals surface area contributed by atoms with Crippen LogP contribution in [-0.2, 0) is 11.3 Å². The van der Waals surface area contributed by atoms with Crippen molar-refractivity contribution >= 4 is 29.0 Å². The van der Waals surface area contributed by atoms with Gasteiger partial charge in [-0.15, -0.1) is 28.1 Å². The fourth-order valence-corrected chi connectivity index (χ4v) is 3.00. The molecule has 5 nitrogen and oxygen atoms in total. The number of thioether (sulfide) groups is 1. The van der Waals surface area contributed by atoms with Crippen molar-refractivity contribution in [3.63, 3.8) is 0 Å². The minimum absolute atomic E-state index is 0.344. The smallest absolute Gasteiger partial charge is 0.230 e. The molecule has 7 heteroatoms. The Hall–Kier alpha value is -1.60. The van der Waals surface area contributed by atoms with Crippen LogP contribution >= 0.6 is 23.1 Å². The van der Waals surface area contributed by atoms with Crippen molar-refractivity contribution in [2.45, 2.75) is 23.9 Å². The average molecular weight is 294 g/mol. The molecule has 0 aliphatic carbocycles. The first-order chi connectivity index (χ1) is 9.13. The van der Waals surface area contributed by atoms with Crippen molar-refractivity contribution in [2.75, 3.05) is 0 Å². The van der Waals surface area contributed by atoms with Crippen LogP contribution in [0.5, 0.6) is 0 Å². The van der Waals surface area contributed by atoms with E-state index in [1.54, 1.807) is 24.3 Å². The molecule has 2 rings (SSSR count). The molecule has 2 aromatic rings. The quantitative estimate of drug-likeness (QED) is 0.654. The standard InChI is InChI=1S/C12H14N4OS2/c1-3-6-16-11(9-5-4-7-18-9)14-15-12(16)19-8(2)10(13)17/h3-5,7-8H,1,6H2,2H3,(H2,13,17). The molecule has 2 aromatic heterocycles. The minimum atomic E-state index is -0.365. The highest BCUT2D eigenvalue weighted by Gasteiger charge is 2.18. The molecule has 0 aromatic carbocycles. The van der Waals surface area contributed by atoms with Crippen LogP contribution in [0.3, 0.4) is 0 Å². The van der Waals surface area contributed by atoms with Crippen LogP contribution in [0, 0.1) is 0 Å². The summed E-state index contributed by atoms with van der Waals surface area (Å²) in [6.45, 7) is 6.09. The molecule has 19 heavy (non-hydrogen) atoms. The Bertz CT molecular complexity index is 577. The Morgan fingerprint density at radius 3 is 3.05 bits per heavy atom. The highest BCUT2D eigenvalue weighted by molar-refractivity contribution is 8.00. The summed E-state index contributed by atoms with van der Waals surface area (Å²) in [7, 11) is 0. The Morgan fingerprint density at radius 1 is 1.68 bits per heavy atom. The van der Waals surface area contributed by atoms with Crippen molar-refractivity contribution < 1.29 is 4.79 Å². The van der Waals surface area contributed by atoms with Crippen molar-refractivity contribution in [3.05, 3.63) is 30.2 Å². The van der Waals surface area contributed by atoms with Crippen molar-refractivity contribution in [2.24, 2.45) is 5.73 Å². The number of nitrogens with two attached hydrogens (primary N) is 1. The van der Waals surface area contributed by atoms with Gasteiger partial charge in [-0.2, -0.15) is 0 Å². The summed E-state index contributed by atoms with van der Waals surface area (Å²) in [5.74, 6) is 0.421. The molecule has 0 radical (unpaired) electrons. The van der Waals surface area contributed by atoms with E-state index < -0.39 is 0 Å². The number of hydrogen-bond donors (Lipinski definition) is 1. The number of thiophene rings is 1. The maximum atomic E-state index is 11.1. The zero-order valence-electron chi connectivity index (χ0n) is 10.4. The number of allylic oxidation sites excluding steroid dienone is 1. The van der Waals surface area contributed by atoms with E-state index in [9.17, 15) is 4.79 Å². The normalized spacial score (nSPS) is 12.3.